The van der Waals surface area contributed by atoms with Crippen molar-refractivity contribution in [1.29, 1.82) is 0 Å². The van der Waals surface area contributed by atoms with Gasteiger partial charge in [-0.2, -0.15) is 0 Å². The molecule has 3 heterocycles. The SMILES string of the molecule is CC12C=CC3(O1)C(C(=O)N(Cc1ccc(Cl)cc1)C3C(=O)NCc1ccccc1)C2C(=O)NC1CCCCC1. The van der Waals surface area contributed by atoms with Crippen LogP contribution in [0.2, 0.25) is 5.02 Å². The van der Waals surface area contributed by atoms with E-state index < -0.39 is 29.1 Å². The Morgan fingerprint density at radius 2 is 1.69 bits per heavy atom. The number of likely N-dealkylation sites (tertiary alicyclic amines) is 1. The number of hydrogen-bond acceptors (Lipinski definition) is 4. The fourth-order valence-corrected chi connectivity index (χ4v) is 7.13. The van der Waals surface area contributed by atoms with Gasteiger partial charge < -0.3 is 20.3 Å². The number of hydrogen-bond donors (Lipinski definition) is 2. The lowest BCUT2D eigenvalue weighted by molar-refractivity contribution is -0.145. The van der Waals surface area contributed by atoms with E-state index in [9.17, 15) is 14.4 Å². The van der Waals surface area contributed by atoms with Crippen molar-refractivity contribution in [2.75, 3.05) is 0 Å². The molecule has 3 amide bonds. The summed E-state index contributed by atoms with van der Waals surface area (Å²) in [5.74, 6) is -2.19. The first kappa shape index (κ1) is 26.1. The van der Waals surface area contributed by atoms with E-state index in [1.54, 1.807) is 17.0 Å². The second kappa shape index (κ2) is 10.1. The van der Waals surface area contributed by atoms with Gasteiger partial charge in [0.1, 0.15) is 11.6 Å². The first-order chi connectivity index (χ1) is 18.8. The second-order valence-corrected chi connectivity index (χ2v) is 11.9. The molecular weight excluding hydrogens is 514 g/mol. The van der Waals surface area contributed by atoms with Crippen LogP contribution in [0, 0.1) is 11.8 Å². The molecule has 2 aromatic carbocycles. The molecule has 8 heteroatoms. The Bertz CT molecular complexity index is 1290. The number of carbonyl (C=O) groups is 3. The zero-order chi connectivity index (χ0) is 27.2. The van der Waals surface area contributed by atoms with Crippen molar-refractivity contribution in [3.63, 3.8) is 0 Å². The highest BCUT2D eigenvalue weighted by Crippen LogP contribution is 2.59. The van der Waals surface area contributed by atoms with Gasteiger partial charge >= 0.3 is 0 Å². The minimum atomic E-state index is -1.21. The number of ether oxygens (including phenoxy) is 1. The van der Waals surface area contributed by atoms with Crippen LogP contribution in [0.5, 0.6) is 0 Å². The highest BCUT2D eigenvalue weighted by molar-refractivity contribution is 6.30. The third-order valence-electron chi connectivity index (χ3n) is 8.85. The van der Waals surface area contributed by atoms with Crippen molar-refractivity contribution < 1.29 is 19.1 Å². The summed E-state index contributed by atoms with van der Waals surface area (Å²) < 4.78 is 6.62. The number of halogens is 1. The van der Waals surface area contributed by atoms with Gasteiger partial charge in [-0.15, -0.1) is 0 Å². The number of nitrogens with one attached hydrogen (secondary N) is 2. The van der Waals surface area contributed by atoms with E-state index in [4.69, 9.17) is 16.3 Å². The summed E-state index contributed by atoms with van der Waals surface area (Å²) in [6, 6.07) is 16.1. The minimum Gasteiger partial charge on any atom is -0.356 e. The average Bonchev–Trinajstić information content (AvgIpc) is 3.50. The fourth-order valence-electron chi connectivity index (χ4n) is 7.01. The molecule has 2 N–H and O–H groups in total. The molecule has 1 spiro atoms. The van der Waals surface area contributed by atoms with Gasteiger partial charge in [0.15, 0.2) is 0 Å². The summed E-state index contributed by atoms with van der Waals surface area (Å²) >= 11 is 6.09. The van der Waals surface area contributed by atoms with Crippen LogP contribution in [0.1, 0.15) is 50.2 Å². The lowest BCUT2D eigenvalue weighted by Crippen LogP contribution is -2.54. The van der Waals surface area contributed by atoms with Crippen LogP contribution in [0.3, 0.4) is 0 Å². The number of benzene rings is 2. The molecule has 2 saturated heterocycles. The summed E-state index contributed by atoms with van der Waals surface area (Å²) in [5.41, 5.74) is -0.368. The number of rotatable bonds is 7. The summed E-state index contributed by atoms with van der Waals surface area (Å²) in [5, 5.41) is 6.85. The van der Waals surface area contributed by atoms with Crippen molar-refractivity contribution >= 4 is 29.3 Å². The third-order valence-corrected chi connectivity index (χ3v) is 9.11. The number of amides is 3. The van der Waals surface area contributed by atoms with Gasteiger partial charge in [-0.05, 0) is 43.0 Å². The van der Waals surface area contributed by atoms with Crippen LogP contribution in [0.4, 0.5) is 0 Å². The molecule has 204 valence electrons. The van der Waals surface area contributed by atoms with Crippen LogP contribution in [0.25, 0.3) is 0 Å². The zero-order valence-electron chi connectivity index (χ0n) is 22.1. The molecule has 0 radical (unpaired) electrons. The molecule has 6 rings (SSSR count). The summed E-state index contributed by atoms with van der Waals surface area (Å²) in [6.07, 6.45) is 9.00. The zero-order valence-corrected chi connectivity index (χ0v) is 22.8. The molecular formula is C31H34ClN3O4. The molecule has 5 unspecified atom stereocenters. The first-order valence-electron chi connectivity index (χ1n) is 13.9. The molecule has 1 aliphatic carbocycles. The quantitative estimate of drug-likeness (QED) is 0.510. The topological polar surface area (TPSA) is 87.7 Å². The fraction of sp³-hybridized carbons (Fsp3) is 0.452. The van der Waals surface area contributed by atoms with Crippen LogP contribution in [0.15, 0.2) is 66.7 Å². The van der Waals surface area contributed by atoms with E-state index in [-0.39, 0.29) is 30.3 Å². The smallest absolute Gasteiger partial charge is 0.246 e. The Labute approximate surface area is 233 Å². The molecule has 2 bridgehead atoms. The summed E-state index contributed by atoms with van der Waals surface area (Å²) in [4.78, 5) is 43.5. The monoisotopic (exact) mass is 547 g/mol. The number of nitrogens with zero attached hydrogens (tertiary/aromatic N) is 1. The van der Waals surface area contributed by atoms with Gasteiger partial charge in [-0.3, -0.25) is 14.4 Å². The molecule has 3 fully saturated rings. The first-order valence-corrected chi connectivity index (χ1v) is 14.3. The second-order valence-electron chi connectivity index (χ2n) is 11.5. The van der Waals surface area contributed by atoms with Crippen molar-refractivity contribution in [1.82, 2.24) is 15.5 Å². The molecule has 0 aromatic heterocycles. The Morgan fingerprint density at radius 3 is 2.41 bits per heavy atom. The lowest BCUT2D eigenvalue weighted by atomic mass is 9.70. The van der Waals surface area contributed by atoms with Gasteiger partial charge in [-0.1, -0.05) is 85.5 Å². The maximum absolute atomic E-state index is 14.2. The van der Waals surface area contributed by atoms with Gasteiger partial charge in [0.2, 0.25) is 17.7 Å². The van der Waals surface area contributed by atoms with Gasteiger partial charge in [0, 0.05) is 24.2 Å². The highest BCUT2D eigenvalue weighted by atomic mass is 35.5. The predicted octanol–water partition coefficient (Wildman–Crippen LogP) is 4.15. The largest absolute Gasteiger partial charge is 0.356 e. The van der Waals surface area contributed by atoms with Crippen molar-refractivity contribution in [3.8, 4) is 0 Å². The van der Waals surface area contributed by atoms with Crippen molar-refractivity contribution in [2.45, 2.75) is 75.4 Å². The molecule has 5 atom stereocenters. The van der Waals surface area contributed by atoms with E-state index in [1.165, 1.54) is 6.42 Å². The van der Waals surface area contributed by atoms with Crippen molar-refractivity contribution in [2.24, 2.45) is 11.8 Å². The average molecular weight is 548 g/mol. The Balaban J connectivity index is 1.32. The predicted molar refractivity (Wildman–Crippen MR) is 147 cm³/mol. The highest BCUT2D eigenvalue weighted by Gasteiger charge is 2.76. The third kappa shape index (κ3) is 4.55. The molecule has 3 aliphatic heterocycles. The molecule has 2 aromatic rings. The maximum Gasteiger partial charge on any atom is 0.246 e. The number of carbonyl (C=O) groups excluding carboxylic acids is 3. The van der Waals surface area contributed by atoms with Gasteiger partial charge in [-0.25, -0.2) is 0 Å². The van der Waals surface area contributed by atoms with Crippen LogP contribution in [-0.4, -0.2) is 45.9 Å². The summed E-state index contributed by atoms with van der Waals surface area (Å²) in [6.45, 7) is 2.40. The Kier molecular flexibility index (Phi) is 6.76. The van der Waals surface area contributed by atoms with E-state index in [0.717, 1.165) is 36.8 Å². The maximum atomic E-state index is 14.2. The van der Waals surface area contributed by atoms with E-state index in [0.29, 0.717) is 11.6 Å². The Morgan fingerprint density at radius 1 is 0.974 bits per heavy atom. The van der Waals surface area contributed by atoms with Gasteiger partial charge in [0.05, 0.1) is 17.4 Å². The standard InChI is InChI=1S/C31H34ClN3O4/c1-30-16-17-31(39-30)25(24(30)27(36)34-23-10-6-3-7-11-23)29(38)35(19-21-12-14-22(32)15-13-21)26(31)28(37)33-18-20-8-4-2-5-9-20/h2,4-5,8-9,12-17,23-26H,3,6-7,10-11,18-19H2,1H3,(H,33,37)(H,34,36). The molecule has 4 aliphatic rings. The van der Waals surface area contributed by atoms with Crippen LogP contribution >= 0.6 is 11.6 Å². The van der Waals surface area contributed by atoms with Crippen LogP contribution < -0.4 is 10.6 Å². The van der Waals surface area contributed by atoms with E-state index in [1.807, 2.05) is 61.5 Å². The lowest BCUT2D eigenvalue weighted by Gasteiger charge is -2.33. The summed E-state index contributed by atoms with van der Waals surface area (Å²) in [7, 11) is 0. The minimum absolute atomic E-state index is 0.112. The molecule has 7 nitrogen and oxygen atoms in total. The number of fused-ring (bicyclic) bond motifs is 1. The molecule has 39 heavy (non-hydrogen) atoms. The van der Waals surface area contributed by atoms with Crippen molar-refractivity contribution in [3.05, 3.63) is 82.9 Å². The van der Waals surface area contributed by atoms with E-state index >= 15 is 0 Å². The Hall–Kier alpha value is -3.16. The van der Waals surface area contributed by atoms with Gasteiger partial charge in [0.25, 0.3) is 0 Å². The van der Waals surface area contributed by atoms with E-state index in [2.05, 4.69) is 10.6 Å². The molecule has 1 saturated carbocycles. The normalized spacial score (nSPS) is 31.4. The van der Waals surface area contributed by atoms with Crippen LogP contribution in [-0.2, 0) is 32.2 Å².